The van der Waals surface area contributed by atoms with Crippen LogP contribution in [0.2, 0.25) is 5.02 Å². The van der Waals surface area contributed by atoms with Crippen LogP contribution in [0.1, 0.15) is 43.0 Å². The van der Waals surface area contributed by atoms with Gasteiger partial charge in [-0.05, 0) is 50.3 Å². The predicted octanol–water partition coefficient (Wildman–Crippen LogP) is 2.79. The summed E-state index contributed by atoms with van der Waals surface area (Å²) in [5.41, 5.74) is 0.102. The first kappa shape index (κ1) is 20.0. The predicted molar refractivity (Wildman–Crippen MR) is 103 cm³/mol. The van der Waals surface area contributed by atoms with Crippen LogP contribution in [0.3, 0.4) is 0 Å². The minimum Gasteiger partial charge on any atom is -0.497 e. The summed E-state index contributed by atoms with van der Waals surface area (Å²) in [6.07, 6.45) is 3.95. The van der Waals surface area contributed by atoms with Gasteiger partial charge in [-0.15, -0.1) is 0 Å². The molecular formula is C20H27ClN2O4. The molecule has 3 rings (SSSR count). The number of hydrogen-bond donors (Lipinski definition) is 2. The molecule has 1 aromatic carbocycles. The van der Waals surface area contributed by atoms with Gasteiger partial charge in [0.15, 0.2) is 0 Å². The number of benzene rings is 1. The number of carbonyl (C=O) groups excluding carboxylic acids is 2. The first-order valence-corrected chi connectivity index (χ1v) is 9.79. The number of halogens is 1. The van der Waals surface area contributed by atoms with E-state index in [1.165, 1.54) is 0 Å². The van der Waals surface area contributed by atoms with Gasteiger partial charge in [0.1, 0.15) is 5.75 Å². The largest absolute Gasteiger partial charge is 0.497 e. The van der Waals surface area contributed by atoms with Crippen LogP contribution >= 0.6 is 11.6 Å². The van der Waals surface area contributed by atoms with Gasteiger partial charge in [0.25, 0.3) is 5.91 Å². The van der Waals surface area contributed by atoms with Gasteiger partial charge < -0.3 is 20.1 Å². The van der Waals surface area contributed by atoms with Gasteiger partial charge in [-0.25, -0.2) is 0 Å². The van der Waals surface area contributed by atoms with Gasteiger partial charge in [-0.2, -0.15) is 0 Å². The van der Waals surface area contributed by atoms with E-state index in [1.807, 2.05) is 6.92 Å². The highest BCUT2D eigenvalue weighted by molar-refractivity contribution is 6.31. The van der Waals surface area contributed by atoms with Crippen LogP contribution in [0.25, 0.3) is 0 Å². The Morgan fingerprint density at radius 2 is 2.07 bits per heavy atom. The van der Waals surface area contributed by atoms with E-state index in [2.05, 4.69) is 10.6 Å². The third-order valence-corrected chi connectivity index (χ3v) is 5.65. The maximum absolute atomic E-state index is 12.4. The topological polar surface area (TPSA) is 76.7 Å². The zero-order valence-electron chi connectivity index (χ0n) is 15.8. The van der Waals surface area contributed by atoms with Gasteiger partial charge in [-0.3, -0.25) is 9.59 Å². The molecule has 1 heterocycles. The fraction of sp³-hybridized carbons (Fsp3) is 0.600. The summed E-state index contributed by atoms with van der Waals surface area (Å²) >= 11 is 6.03. The van der Waals surface area contributed by atoms with Gasteiger partial charge in [0.2, 0.25) is 5.91 Å². The molecule has 2 atom stereocenters. The van der Waals surface area contributed by atoms with Crippen LogP contribution in [-0.2, 0) is 9.53 Å². The molecule has 2 fully saturated rings. The maximum atomic E-state index is 12.4. The van der Waals surface area contributed by atoms with Crippen LogP contribution in [0, 0.1) is 11.3 Å². The smallest absolute Gasteiger partial charge is 0.251 e. The van der Waals surface area contributed by atoms with Crippen LogP contribution < -0.4 is 15.4 Å². The molecule has 0 aromatic heterocycles. The number of amides is 2. The molecule has 1 aliphatic heterocycles. The van der Waals surface area contributed by atoms with Crippen molar-refractivity contribution in [2.75, 3.05) is 26.9 Å². The lowest BCUT2D eigenvalue weighted by atomic mass is 9.83. The van der Waals surface area contributed by atoms with Crippen molar-refractivity contribution in [2.24, 2.45) is 11.3 Å². The number of carbonyl (C=O) groups is 2. The summed E-state index contributed by atoms with van der Waals surface area (Å²) in [5, 5.41) is 6.62. The maximum Gasteiger partial charge on any atom is 0.251 e. The van der Waals surface area contributed by atoms with Crippen LogP contribution in [0.5, 0.6) is 5.75 Å². The van der Waals surface area contributed by atoms with Crippen molar-refractivity contribution >= 4 is 23.4 Å². The van der Waals surface area contributed by atoms with Gasteiger partial charge in [0, 0.05) is 23.2 Å². The lowest BCUT2D eigenvalue weighted by Crippen LogP contribution is -2.55. The van der Waals surface area contributed by atoms with Crippen molar-refractivity contribution in [1.29, 1.82) is 0 Å². The molecule has 2 amide bonds. The highest BCUT2D eigenvalue weighted by Gasteiger charge is 2.42. The van der Waals surface area contributed by atoms with Crippen molar-refractivity contribution in [3.8, 4) is 5.75 Å². The molecule has 0 radical (unpaired) electrons. The molecule has 2 aliphatic rings. The summed E-state index contributed by atoms with van der Waals surface area (Å²) in [5.74, 6) is 0.816. The second kappa shape index (κ2) is 8.48. The van der Waals surface area contributed by atoms with Gasteiger partial charge >= 0.3 is 0 Å². The Labute approximate surface area is 164 Å². The third-order valence-electron chi connectivity index (χ3n) is 5.43. The quantitative estimate of drug-likeness (QED) is 0.777. The minimum atomic E-state index is -0.382. The second-order valence-corrected chi connectivity index (χ2v) is 8.28. The molecule has 0 bridgehead atoms. The van der Waals surface area contributed by atoms with E-state index in [0.717, 1.165) is 25.7 Å². The normalized spacial score (nSPS) is 23.8. The van der Waals surface area contributed by atoms with Gasteiger partial charge in [0.05, 0.1) is 25.7 Å². The van der Waals surface area contributed by atoms with Crippen molar-refractivity contribution in [3.63, 3.8) is 0 Å². The molecule has 0 spiro atoms. The lowest BCUT2D eigenvalue weighted by molar-refractivity contribution is -0.158. The van der Waals surface area contributed by atoms with E-state index in [0.29, 0.717) is 42.0 Å². The SMILES string of the molecule is COc1cc(Cl)cc(C(=O)NC[C@@H]2CCC[C@H](NC(=O)C3(C)COC3)C2)c1. The molecule has 148 valence electrons. The Bertz CT molecular complexity index is 705. The zero-order valence-corrected chi connectivity index (χ0v) is 16.6. The molecule has 6 nitrogen and oxygen atoms in total. The summed E-state index contributed by atoms with van der Waals surface area (Å²) in [6.45, 7) is 3.51. The molecule has 27 heavy (non-hydrogen) atoms. The number of nitrogens with one attached hydrogen (secondary N) is 2. The van der Waals surface area contributed by atoms with Crippen molar-refractivity contribution < 1.29 is 19.1 Å². The Hall–Kier alpha value is -1.79. The van der Waals surface area contributed by atoms with Crippen LogP contribution in [-0.4, -0.2) is 44.7 Å². The fourth-order valence-corrected chi connectivity index (χ4v) is 3.88. The molecule has 1 aromatic rings. The van der Waals surface area contributed by atoms with E-state index in [-0.39, 0.29) is 23.3 Å². The molecule has 1 saturated carbocycles. The Morgan fingerprint density at radius 3 is 2.74 bits per heavy atom. The highest BCUT2D eigenvalue weighted by Crippen LogP contribution is 2.29. The van der Waals surface area contributed by atoms with E-state index in [9.17, 15) is 9.59 Å². The monoisotopic (exact) mass is 394 g/mol. The Balaban J connectivity index is 1.50. The number of rotatable bonds is 6. The second-order valence-electron chi connectivity index (χ2n) is 7.85. The summed E-state index contributed by atoms with van der Waals surface area (Å²) < 4.78 is 10.3. The average molecular weight is 395 g/mol. The van der Waals surface area contributed by atoms with Gasteiger partial charge in [-0.1, -0.05) is 18.0 Å². The van der Waals surface area contributed by atoms with Crippen molar-refractivity contribution in [3.05, 3.63) is 28.8 Å². The van der Waals surface area contributed by atoms with E-state index in [1.54, 1.807) is 25.3 Å². The first-order chi connectivity index (χ1) is 12.9. The third kappa shape index (κ3) is 4.93. The molecule has 2 N–H and O–H groups in total. The van der Waals surface area contributed by atoms with E-state index >= 15 is 0 Å². The van der Waals surface area contributed by atoms with Crippen LogP contribution in [0.15, 0.2) is 18.2 Å². The van der Waals surface area contributed by atoms with E-state index in [4.69, 9.17) is 21.1 Å². The van der Waals surface area contributed by atoms with Crippen molar-refractivity contribution in [1.82, 2.24) is 10.6 Å². The standard InChI is InChI=1S/C20H27ClN2O4/c1-20(11-27-12-20)19(25)23-16-5-3-4-13(6-16)10-22-18(24)14-7-15(21)9-17(8-14)26-2/h7-9,13,16H,3-6,10-12H2,1-2H3,(H,22,24)(H,23,25)/t13-,16+/m1/s1. The highest BCUT2D eigenvalue weighted by atomic mass is 35.5. The molecule has 0 unspecified atom stereocenters. The average Bonchev–Trinajstić information content (AvgIpc) is 2.63. The number of ether oxygens (including phenoxy) is 2. The summed E-state index contributed by atoms with van der Waals surface area (Å²) in [4.78, 5) is 24.8. The lowest BCUT2D eigenvalue weighted by Gasteiger charge is -2.39. The molecule has 1 aliphatic carbocycles. The van der Waals surface area contributed by atoms with Crippen molar-refractivity contribution in [2.45, 2.75) is 38.6 Å². The minimum absolute atomic E-state index is 0.0782. The molecule has 7 heteroatoms. The Morgan fingerprint density at radius 1 is 1.30 bits per heavy atom. The fourth-order valence-electron chi connectivity index (χ4n) is 3.66. The number of hydrogen-bond acceptors (Lipinski definition) is 4. The summed E-state index contributed by atoms with van der Waals surface area (Å²) in [6, 6.07) is 5.13. The zero-order chi connectivity index (χ0) is 19.4. The Kier molecular flexibility index (Phi) is 6.27. The van der Waals surface area contributed by atoms with Crippen LogP contribution in [0.4, 0.5) is 0 Å². The number of methoxy groups -OCH3 is 1. The van der Waals surface area contributed by atoms with E-state index < -0.39 is 0 Å². The first-order valence-electron chi connectivity index (χ1n) is 9.41. The molecule has 1 saturated heterocycles. The molecular weight excluding hydrogens is 368 g/mol. The summed E-state index contributed by atoms with van der Waals surface area (Å²) in [7, 11) is 1.54.